The van der Waals surface area contributed by atoms with Gasteiger partial charge in [-0.25, -0.2) is 18.2 Å². The zero-order valence-corrected chi connectivity index (χ0v) is 26.0. The van der Waals surface area contributed by atoms with Crippen molar-refractivity contribution in [1.29, 1.82) is 0 Å². The third-order valence-electron chi connectivity index (χ3n) is 10.8. The number of rotatable bonds is 6. The van der Waals surface area contributed by atoms with Crippen LogP contribution in [0, 0.1) is 18.6 Å². The van der Waals surface area contributed by atoms with Gasteiger partial charge in [0.1, 0.15) is 18.3 Å². The molecule has 5 aliphatic rings. The summed E-state index contributed by atoms with van der Waals surface area (Å²) in [5.41, 5.74) is 9.29. The van der Waals surface area contributed by atoms with Gasteiger partial charge in [0.15, 0.2) is 17.5 Å². The number of ether oxygens (including phenoxy) is 1. The van der Waals surface area contributed by atoms with Crippen LogP contribution in [0.3, 0.4) is 0 Å². The van der Waals surface area contributed by atoms with Crippen molar-refractivity contribution in [2.75, 3.05) is 43.4 Å². The van der Waals surface area contributed by atoms with Gasteiger partial charge in [0.25, 0.3) is 0 Å². The minimum absolute atomic E-state index is 0.143. The lowest BCUT2D eigenvalue weighted by Gasteiger charge is -2.34. The second-order valence-corrected chi connectivity index (χ2v) is 14.9. The molecule has 4 aliphatic heterocycles. The van der Waals surface area contributed by atoms with Crippen LogP contribution in [0.25, 0.3) is 32.2 Å². The predicted octanol–water partition coefficient (Wildman–Crippen LogP) is 5.85. The molecule has 0 spiro atoms. The average Bonchev–Trinajstić information content (AvgIpc) is 3.51. The summed E-state index contributed by atoms with van der Waals surface area (Å²) < 4.78 is 52.5. The van der Waals surface area contributed by atoms with E-state index < -0.39 is 17.8 Å². The highest BCUT2D eigenvalue weighted by atomic mass is 32.1. The predicted molar refractivity (Wildman–Crippen MR) is 170 cm³/mol. The van der Waals surface area contributed by atoms with Gasteiger partial charge in [-0.1, -0.05) is 0 Å². The second kappa shape index (κ2) is 10.1. The number of hydrogen-bond donors (Lipinski definition) is 2. The molecule has 236 valence electrons. The van der Waals surface area contributed by atoms with Crippen LogP contribution in [-0.4, -0.2) is 76.4 Å². The number of nitrogen functional groups attached to an aromatic ring is 1. The Bertz CT molecular complexity index is 1850. The Balaban J connectivity index is 1.22. The van der Waals surface area contributed by atoms with E-state index in [1.807, 2.05) is 13.0 Å². The monoisotopic (exact) mass is 635 g/mol. The normalized spacial score (nSPS) is 28.1. The van der Waals surface area contributed by atoms with Gasteiger partial charge in [-0.05, 0) is 69.7 Å². The second-order valence-electron chi connectivity index (χ2n) is 13.8. The number of anilines is 2. The van der Waals surface area contributed by atoms with E-state index in [0.29, 0.717) is 69.2 Å². The maximum atomic E-state index is 15.9. The molecular weight excluding hydrogens is 599 g/mol. The van der Waals surface area contributed by atoms with Crippen molar-refractivity contribution in [2.24, 2.45) is 0 Å². The largest absolute Gasteiger partial charge is 0.461 e. The molecule has 45 heavy (non-hydrogen) atoms. The Kier molecular flexibility index (Phi) is 6.32. The number of hydrogen-bond acceptors (Lipinski definition) is 9. The lowest BCUT2D eigenvalue weighted by molar-refractivity contribution is 0.107. The van der Waals surface area contributed by atoms with Crippen LogP contribution in [0.5, 0.6) is 6.01 Å². The molecule has 8 nitrogen and oxygen atoms in total. The number of nitrogens with two attached hydrogens (primary N) is 1. The third-order valence-corrected chi connectivity index (χ3v) is 11.9. The summed E-state index contributed by atoms with van der Waals surface area (Å²) >= 11 is 1.26. The van der Waals surface area contributed by atoms with Crippen molar-refractivity contribution in [3.05, 3.63) is 35.0 Å². The van der Waals surface area contributed by atoms with Crippen molar-refractivity contribution in [2.45, 2.75) is 81.6 Å². The van der Waals surface area contributed by atoms with Gasteiger partial charge in [-0.2, -0.15) is 9.97 Å². The highest BCUT2D eigenvalue weighted by Gasteiger charge is 2.49. The Labute approximate surface area is 263 Å². The quantitative estimate of drug-likeness (QED) is 0.273. The minimum Gasteiger partial charge on any atom is -0.461 e. The van der Waals surface area contributed by atoms with Crippen molar-refractivity contribution in [1.82, 2.24) is 25.2 Å². The van der Waals surface area contributed by atoms with E-state index in [0.717, 1.165) is 69.4 Å². The molecule has 0 amide bonds. The third kappa shape index (κ3) is 4.50. The Hall–Kier alpha value is -3.22. The fourth-order valence-corrected chi connectivity index (χ4v) is 9.45. The molecule has 1 aromatic carbocycles. The molecule has 2 unspecified atom stereocenters. The standard InChI is InChI=1S/C33H36F3N7OS/c1-16-25-24(45-30(16)37)10-22(35)27(36)26(25)21-9-23-29(40-28(21)17-3-4-17)31(42-13-19-5-6-20(14-42)38-19)41-32(39-23)44-15-33-7-2-8-43(33)12-18(34)11-33/h9-10,17-20,38H,2-8,11-15,37H2,1H3/t18-,19?,20?,33+/m1/s1. The van der Waals surface area contributed by atoms with E-state index in [2.05, 4.69) is 15.1 Å². The first-order valence-electron chi connectivity index (χ1n) is 16.2. The smallest absolute Gasteiger partial charge is 0.319 e. The van der Waals surface area contributed by atoms with Crippen LogP contribution in [0.4, 0.5) is 24.0 Å². The molecule has 4 aromatic rings. The minimum atomic E-state index is -0.910. The van der Waals surface area contributed by atoms with Gasteiger partial charge in [-0.3, -0.25) is 4.90 Å². The maximum absolute atomic E-state index is 15.9. The topological polar surface area (TPSA) is 92.4 Å². The molecule has 4 atom stereocenters. The molecule has 12 heteroatoms. The summed E-state index contributed by atoms with van der Waals surface area (Å²) in [5.74, 6) is -0.964. The number of alkyl halides is 1. The lowest BCUT2D eigenvalue weighted by atomic mass is 9.95. The number of nitrogens with one attached hydrogen (secondary N) is 1. The van der Waals surface area contributed by atoms with Crippen molar-refractivity contribution >= 4 is 43.3 Å². The molecule has 2 bridgehead atoms. The van der Waals surface area contributed by atoms with Crippen LogP contribution >= 0.6 is 11.3 Å². The summed E-state index contributed by atoms with van der Waals surface area (Å²) in [7, 11) is 0. The molecule has 5 fully saturated rings. The number of thiophene rings is 1. The van der Waals surface area contributed by atoms with Gasteiger partial charge in [0.2, 0.25) is 0 Å². The maximum Gasteiger partial charge on any atom is 0.319 e. The number of pyridine rings is 1. The van der Waals surface area contributed by atoms with Gasteiger partial charge < -0.3 is 20.7 Å². The van der Waals surface area contributed by atoms with Crippen LogP contribution in [0.15, 0.2) is 12.1 Å². The fraction of sp³-hybridized carbons (Fsp3) is 0.545. The molecule has 1 aliphatic carbocycles. The van der Waals surface area contributed by atoms with Crippen molar-refractivity contribution < 1.29 is 17.9 Å². The Morgan fingerprint density at radius 2 is 1.89 bits per heavy atom. The SMILES string of the molecule is Cc1c(N)sc2cc(F)c(F)c(-c3cc4nc(OC[C@@]56CCCN5C[C@H](F)C6)nc(N5CC6CCC(C5)N6)c4nc3C3CC3)c12. The number of aryl methyl sites for hydroxylation is 1. The van der Waals surface area contributed by atoms with Crippen LogP contribution in [0.1, 0.15) is 62.1 Å². The average molecular weight is 636 g/mol. The zero-order valence-electron chi connectivity index (χ0n) is 25.2. The Morgan fingerprint density at radius 1 is 1.09 bits per heavy atom. The van der Waals surface area contributed by atoms with Crippen LogP contribution in [-0.2, 0) is 0 Å². The summed E-state index contributed by atoms with van der Waals surface area (Å²) in [4.78, 5) is 19.5. The highest BCUT2D eigenvalue weighted by Crippen LogP contribution is 2.49. The van der Waals surface area contributed by atoms with E-state index >= 15 is 8.78 Å². The molecule has 0 radical (unpaired) electrons. The number of aromatic nitrogens is 3. The van der Waals surface area contributed by atoms with Gasteiger partial charge >= 0.3 is 6.01 Å². The molecular formula is C33H36F3N7OS. The van der Waals surface area contributed by atoms with Crippen molar-refractivity contribution in [3.8, 4) is 17.1 Å². The summed E-state index contributed by atoms with van der Waals surface area (Å²) in [5, 5.41) is 4.84. The van der Waals surface area contributed by atoms with Gasteiger partial charge in [0, 0.05) is 65.3 Å². The number of fused-ring (bicyclic) bond motifs is 5. The molecule has 4 saturated heterocycles. The molecule has 3 N–H and O–H groups in total. The molecule has 3 aromatic heterocycles. The first kappa shape index (κ1) is 28.0. The first-order chi connectivity index (χ1) is 21.8. The van der Waals surface area contributed by atoms with E-state index in [-0.39, 0.29) is 23.0 Å². The highest BCUT2D eigenvalue weighted by molar-refractivity contribution is 7.23. The van der Waals surface area contributed by atoms with Crippen molar-refractivity contribution in [3.63, 3.8) is 0 Å². The summed E-state index contributed by atoms with van der Waals surface area (Å²) in [6.07, 6.45) is 5.56. The van der Waals surface area contributed by atoms with Crippen LogP contribution in [0.2, 0.25) is 0 Å². The molecule has 7 heterocycles. The van der Waals surface area contributed by atoms with Crippen LogP contribution < -0.4 is 20.7 Å². The molecule has 9 rings (SSSR count). The Morgan fingerprint density at radius 3 is 2.67 bits per heavy atom. The number of benzene rings is 1. The summed E-state index contributed by atoms with van der Waals surface area (Å²) in [6.45, 7) is 5.04. The zero-order chi connectivity index (χ0) is 30.6. The number of piperazine rings is 1. The lowest BCUT2D eigenvalue weighted by Crippen LogP contribution is -2.51. The van der Waals surface area contributed by atoms with E-state index in [1.54, 1.807) is 0 Å². The molecule has 1 saturated carbocycles. The fourth-order valence-electron chi connectivity index (χ4n) is 8.44. The number of halogens is 3. The first-order valence-corrected chi connectivity index (χ1v) is 17.0. The summed E-state index contributed by atoms with van der Waals surface area (Å²) in [6, 6.07) is 4.03. The van der Waals surface area contributed by atoms with Gasteiger partial charge in [-0.15, -0.1) is 11.3 Å². The van der Waals surface area contributed by atoms with E-state index in [9.17, 15) is 4.39 Å². The van der Waals surface area contributed by atoms with E-state index in [4.69, 9.17) is 25.4 Å². The van der Waals surface area contributed by atoms with Gasteiger partial charge in [0.05, 0.1) is 21.8 Å². The number of nitrogens with zero attached hydrogens (tertiary/aromatic N) is 5. The van der Waals surface area contributed by atoms with E-state index in [1.165, 1.54) is 17.4 Å².